The van der Waals surface area contributed by atoms with E-state index in [1.807, 2.05) is 0 Å². The highest BCUT2D eigenvalue weighted by Crippen LogP contribution is 2.53. The molecule has 0 saturated carbocycles. The summed E-state index contributed by atoms with van der Waals surface area (Å²) in [5.74, 6) is -12.9. The average molecular weight is 1440 g/mol. The van der Waals surface area contributed by atoms with Crippen molar-refractivity contribution in [1.29, 1.82) is 0 Å². The number of aromatic hydroxyl groups is 3. The van der Waals surface area contributed by atoms with Crippen LogP contribution in [0.3, 0.4) is 0 Å². The van der Waals surface area contributed by atoms with Gasteiger partial charge >= 0.3 is 5.97 Å². The fourth-order valence-corrected chi connectivity index (χ4v) is 13.3. The minimum absolute atomic E-state index is 0.0148. The zero-order valence-electron chi connectivity index (χ0n) is 58.2. The van der Waals surface area contributed by atoms with Crippen LogP contribution in [0.4, 0.5) is 0 Å². The highest BCUT2D eigenvalue weighted by atomic mass is 16.7. The number of carboxylic acids is 1. The van der Waals surface area contributed by atoms with Gasteiger partial charge < -0.3 is 96.8 Å². The van der Waals surface area contributed by atoms with Crippen molar-refractivity contribution in [2.24, 2.45) is 11.8 Å². The van der Waals surface area contributed by atoms with E-state index in [-0.39, 0.29) is 90.8 Å². The number of nitrogens with one attached hydrogen (secondary N) is 7. The Balaban J connectivity index is 0.991. The van der Waals surface area contributed by atoms with Gasteiger partial charge in [0.1, 0.15) is 77.6 Å². The number of ketones is 3. The number of rotatable bonds is 32. The minimum Gasteiger partial charge on any atom is -0.508 e. The number of hydrogen-bond donors (Lipinski definition) is 14. The monoisotopic (exact) mass is 1430 g/mol. The number of carbonyl (C=O) groups is 12. The third-order valence-corrected chi connectivity index (χ3v) is 18.4. The number of Topliss-reactive ketones (excluding diaryl/α,β-unsaturated/α-hetero) is 1. The number of phenols is 3. The van der Waals surface area contributed by atoms with E-state index in [0.29, 0.717) is 17.5 Å². The van der Waals surface area contributed by atoms with Crippen LogP contribution >= 0.6 is 0 Å². The van der Waals surface area contributed by atoms with Gasteiger partial charge in [-0.05, 0) is 80.2 Å². The number of hydrogen-bond acceptors (Lipinski definition) is 22. The molecule has 2 aliphatic heterocycles. The third kappa shape index (κ3) is 19.4. The highest BCUT2D eigenvalue weighted by Gasteiger charge is 2.51. The van der Waals surface area contributed by atoms with E-state index >= 15 is 0 Å². The summed E-state index contributed by atoms with van der Waals surface area (Å²) in [5.41, 5.74) is -3.69. The topological polar surface area (TPSA) is 471 Å². The van der Waals surface area contributed by atoms with E-state index in [4.69, 9.17) is 18.9 Å². The Labute approximate surface area is 593 Å². The molecule has 2 aliphatic carbocycles. The van der Waals surface area contributed by atoms with Gasteiger partial charge in [-0.3, -0.25) is 57.5 Å². The number of methoxy groups -OCH3 is 1. The number of benzene rings is 4. The van der Waals surface area contributed by atoms with Gasteiger partial charge in [0.25, 0.3) is 0 Å². The van der Waals surface area contributed by atoms with E-state index < -0.39 is 211 Å². The van der Waals surface area contributed by atoms with Crippen LogP contribution in [-0.4, -0.2) is 211 Å². The van der Waals surface area contributed by atoms with Crippen molar-refractivity contribution in [2.75, 3.05) is 33.4 Å². The molecule has 4 aromatic rings. The maximum absolute atomic E-state index is 14.9. The van der Waals surface area contributed by atoms with Gasteiger partial charge in [0, 0.05) is 62.3 Å². The summed E-state index contributed by atoms with van der Waals surface area (Å²) in [5, 5.41) is 95.4. The first-order chi connectivity index (χ1) is 48.8. The summed E-state index contributed by atoms with van der Waals surface area (Å²) >= 11 is 0. The Bertz CT molecular complexity index is 3850. The van der Waals surface area contributed by atoms with E-state index in [9.17, 15) is 93.3 Å². The van der Waals surface area contributed by atoms with Gasteiger partial charge in [-0.1, -0.05) is 82.3 Å². The van der Waals surface area contributed by atoms with E-state index in [1.54, 1.807) is 58.0 Å². The summed E-state index contributed by atoms with van der Waals surface area (Å²) in [4.78, 5) is 166. The standard InChI is InChI=1S/C72H90N8O23/c1-35(2)25-46(79-70(97)50-16-12-24-80(50)71(98)44(74-38(6)82)22-23-55(86)87)66(93)73-31-54(85)75-49(34-101-33-40-13-9-8-10-14-40)69(96)78-48(27-39-18-20-41(83)21-19-39)68(95)77-47(26-36(3)4)67(94)76-45-28-56(102-37(5)61(45)88)103-52-30-72(99,53(84)32-81)29-43-58(52)65(92)60-59(63(43)90)62(89)42-15-11-17-51(100-7)57(42)64(60)91/h8-11,13-15,17-21,35-37,44-50,52,56,61,81,83,88,90,92,99H,12,16,22-34H2,1-7H3,(H,73,93)(H,74,82)(H,75,85)(H,76,94)(H,77,95)(H,78,96)(H,79,97)(H,86,87)/t37-,44-,45-,46-,47-,48-,49-,50-,52-,56-,61+,72-/m0/s1. The molecule has 0 radical (unpaired) electrons. The van der Waals surface area contributed by atoms with Crippen LogP contribution in [0, 0.1) is 11.8 Å². The van der Waals surface area contributed by atoms with E-state index in [0.717, 1.165) is 0 Å². The lowest BCUT2D eigenvalue weighted by Crippen LogP contribution is -2.61. The Morgan fingerprint density at radius 2 is 1.38 bits per heavy atom. The second-order valence-electron chi connectivity index (χ2n) is 27.1. The smallest absolute Gasteiger partial charge is 0.303 e. The van der Waals surface area contributed by atoms with Crippen LogP contribution in [0.25, 0.3) is 0 Å². The molecule has 4 aliphatic rings. The van der Waals surface area contributed by atoms with Crippen LogP contribution in [0.1, 0.15) is 153 Å². The molecule has 2 saturated heterocycles. The number of aliphatic hydroxyl groups excluding tert-OH is 2. The predicted molar refractivity (Wildman–Crippen MR) is 362 cm³/mol. The number of ether oxygens (including phenoxy) is 4. The molecule has 8 rings (SSSR count). The molecule has 8 amide bonds. The Hall–Kier alpha value is -9.92. The van der Waals surface area contributed by atoms with Crippen LogP contribution in [0.2, 0.25) is 0 Å². The van der Waals surface area contributed by atoms with Crippen molar-refractivity contribution in [2.45, 2.75) is 185 Å². The summed E-state index contributed by atoms with van der Waals surface area (Å²) in [6.45, 7) is 7.29. The van der Waals surface area contributed by atoms with Gasteiger partial charge in [-0.25, -0.2) is 0 Å². The fraction of sp³-hybridized carbons (Fsp3) is 0.500. The lowest BCUT2D eigenvalue weighted by Gasteiger charge is -2.43. The minimum atomic E-state index is -2.50. The van der Waals surface area contributed by atoms with Gasteiger partial charge in [-0.2, -0.15) is 0 Å². The lowest BCUT2D eigenvalue weighted by atomic mass is 9.72. The van der Waals surface area contributed by atoms with Gasteiger partial charge in [0.05, 0.1) is 61.8 Å². The summed E-state index contributed by atoms with van der Waals surface area (Å²) < 4.78 is 23.8. The van der Waals surface area contributed by atoms with Crippen molar-refractivity contribution >= 4 is 70.6 Å². The SMILES string of the molecule is COc1cccc2c1C(=O)c1c(O)c3c(c(O)c1C2=O)C[C@@](O)(C(=O)CO)C[C@@H]3O[C@H]1C[C@H](NC(=O)[C@H](CC(C)C)NC(=O)[C@H](Cc2ccc(O)cc2)NC(=O)[C@H](COCc2ccccc2)NC(=O)CNC(=O)[C@H](CC(C)C)NC(=O)[C@@H]2CCCN2C(=O)[C@H](CCC(=O)O)NC(C)=O)[C@H](O)[C@H](C)O1. The van der Waals surface area contributed by atoms with Gasteiger partial charge in [0.15, 0.2) is 17.9 Å². The van der Waals surface area contributed by atoms with Crippen molar-refractivity contribution < 1.29 is 112 Å². The second-order valence-corrected chi connectivity index (χ2v) is 27.1. The highest BCUT2D eigenvalue weighted by molar-refractivity contribution is 6.31. The zero-order chi connectivity index (χ0) is 75.3. The molecular formula is C72H90N8O23. The molecule has 0 unspecified atom stereocenters. The van der Waals surface area contributed by atoms with Crippen LogP contribution in [0.15, 0.2) is 72.8 Å². The number of amides is 8. The maximum Gasteiger partial charge on any atom is 0.303 e. The first kappa shape index (κ1) is 78.8. The summed E-state index contributed by atoms with van der Waals surface area (Å²) in [6.07, 6.45) is -8.01. The predicted octanol–water partition coefficient (Wildman–Crippen LogP) is 0.832. The Morgan fingerprint density at radius 1 is 0.728 bits per heavy atom. The van der Waals surface area contributed by atoms with Crippen molar-refractivity contribution in [3.63, 3.8) is 0 Å². The lowest BCUT2D eigenvalue weighted by molar-refractivity contribution is -0.249. The number of carbonyl (C=O) groups excluding carboxylic acids is 11. The van der Waals surface area contributed by atoms with Crippen molar-refractivity contribution in [3.05, 3.63) is 117 Å². The second kappa shape index (κ2) is 34.8. The summed E-state index contributed by atoms with van der Waals surface area (Å²) in [7, 11) is 1.26. The number of likely N-dealkylation sites (tertiary alicyclic amines) is 1. The molecule has 556 valence electrons. The van der Waals surface area contributed by atoms with E-state index in [2.05, 4.69) is 37.2 Å². The number of fused-ring (bicyclic) bond motifs is 3. The van der Waals surface area contributed by atoms with Gasteiger partial charge in [-0.15, -0.1) is 0 Å². The Morgan fingerprint density at radius 3 is 2.02 bits per heavy atom. The first-order valence-electron chi connectivity index (χ1n) is 34.0. The summed E-state index contributed by atoms with van der Waals surface area (Å²) in [6, 6.07) is 9.22. The molecule has 31 heteroatoms. The molecule has 103 heavy (non-hydrogen) atoms. The quantitative estimate of drug-likeness (QED) is 0.0265. The van der Waals surface area contributed by atoms with Gasteiger partial charge in [0.2, 0.25) is 53.0 Å². The largest absolute Gasteiger partial charge is 0.508 e. The molecule has 2 fully saturated rings. The Kier molecular flexibility index (Phi) is 26.6. The molecule has 14 N–H and O–H groups in total. The normalized spacial score (nSPS) is 21.3. The maximum atomic E-state index is 14.9. The number of nitrogens with zero attached hydrogens (tertiary/aromatic N) is 1. The molecule has 0 spiro atoms. The van der Waals surface area contributed by atoms with Crippen molar-refractivity contribution in [1.82, 2.24) is 42.1 Å². The van der Waals surface area contributed by atoms with Crippen LogP contribution in [0.5, 0.6) is 23.0 Å². The molecule has 12 atom stereocenters. The number of aliphatic carboxylic acids is 1. The average Bonchev–Trinajstić information content (AvgIpc) is 0.985. The van der Waals surface area contributed by atoms with E-state index in [1.165, 1.54) is 68.3 Å². The molecule has 2 heterocycles. The third-order valence-electron chi connectivity index (χ3n) is 18.4. The molecule has 4 aromatic carbocycles. The van der Waals surface area contributed by atoms with Crippen molar-refractivity contribution in [3.8, 4) is 23.0 Å². The van der Waals surface area contributed by atoms with Crippen LogP contribution < -0.4 is 42.0 Å². The fourth-order valence-electron chi connectivity index (χ4n) is 13.3. The molecule has 0 aromatic heterocycles. The first-order valence-corrected chi connectivity index (χ1v) is 34.0. The number of phenolic OH excluding ortho intramolecular Hbond substituents is 3. The number of carboxylic acid groups (broad SMARTS) is 1. The molecular weight excluding hydrogens is 1340 g/mol. The number of aliphatic hydroxyl groups is 3. The zero-order valence-corrected chi connectivity index (χ0v) is 58.2. The van der Waals surface area contributed by atoms with Crippen LogP contribution in [-0.2, 0) is 81.6 Å². The molecule has 0 bridgehead atoms. The molecule has 31 nitrogen and oxygen atoms in total.